The molecule has 0 aliphatic carbocycles. The molecular formula is C21H16N4O3. The number of pyridine rings is 1. The number of benzene rings is 2. The zero-order valence-corrected chi connectivity index (χ0v) is 14.8. The molecule has 2 heterocycles. The van der Waals surface area contributed by atoms with Crippen LogP contribution in [0.15, 0.2) is 85.2 Å². The fourth-order valence-electron chi connectivity index (χ4n) is 3.06. The van der Waals surface area contributed by atoms with Crippen LogP contribution >= 0.6 is 0 Å². The van der Waals surface area contributed by atoms with E-state index in [9.17, 15) is 14.9 Å². The summed E-state index contributed by atoms with van der Waals surface area (Å²) in [5.74, 6) is -0.319. The number of imidazole rings is 1. The summed E-state index contributed by atoms with van der Waals surface area (Å²) >= 11 is 0. The Labute approximate surface area is 160 Å². The van der Waals surface area contributed by atoms with Crippen LogP contribution in [0.5, 0.6) is 0 Å². The Morgan fingerprint density at radius 1 is 1.04 bits per heavy atom. The second kappa shape index (κ2) is 7.32. The summed E-state index contributed by atoms with van der Waals surface area (Å²) < 4.78 is 1.91. The van der Waals surface area contributed by atoms with Crippen molar-refractivity contribution in [1.82, 2.24) is 9.38 Å². The van der Waals surface area contributed by atoms with Gasteiger partial charge in [-0.2, -0.15) is 0 Å². The van der Waals surface area contributed by atoms with Crippen molar-refractivity contribution in [3.8, 4) is 0 Å². The molecule has 4 rings (SSSR count). The van der Waals surface area contributed by atoms with Crippen molar-refractivity contribution in [3.05, 3.63) is 107 Å². The zero-order valence-electron chi connectivity index (χ0n) is 14.8. The number of hydrogen-bond acceptors (Lipinski definition) is 4. The number of para-hydroxylation sites is 1. The molecule has 4 aromatic rings. The van der Waals surface area contributed by atoms with E-state index in [-0.39, 0.29) is 23.7 Å². The molecule has 1 amide bonds. The number of nitro groups is 1. The average molecular weight is 372 g/mol. The van der Waals surface area contributed by atoms with Crippen LogP contribution in [-0.2, 0) is 6.54 Å². The molecule has 0 aliphatic rings. The number of carbonyl (C=O) groups excluding carboxylic acids is 1. The maximum atomic E-state index is 13.3. The predicted molar refractivity (Wildman–Crippen MR) is 105 cm³/mol. The van der Waals surface area contributed by atoms with Gasteiger partial charge in [0.2, 0.25) is 0 Å². The molecule has 0 N–H and O–H groups in total. The van der Waals surface area contributed by atoms with E-state index in [0.29, 0.717) is 5.69 Å². The van der Waals surface area contributed by atoms with Crippen molar-refractivity contribution in [2.45, 2.75) is 6.54 Å². The second-order valence-corrected chi connectivity index (χ2v) is 6.21. The third-order valence-electron chi connectivity index (χ3n) is 4.43. The number of hydrogen-bond donors (Lipinski definition) is 0. The molecule has 0 saturated carbocycles. The summed E-state index contributed by atoms with van der Waals surface area (Å²) in [6, 6.07) is 20.7. The van der Waals surface area contributed by atoms with Crippen molar-refractivity contribution in [1.29, 1.82) is 0 Å². The molecule has 0 radical (unpaired) electrons. The summed E-state index contributed by atoms with van der Waals surface area (Å²) in [5.41, 5.74) is 2.46. The molecule has 0 saturated heterocycles. The van der Waals surface area contributed by atoms with Crippen LogP contribution in [-0.4, -0.2) is 20.2 Å². The minimum Gasteiger partial charge on any atom is -0.302 e. The van der Waals surface area contributed by atoms with Crippen LogP contribution in [0.25, 0.3) is 5.65 Å². The first-order valence-corrected chi connectivity index (χ1v) is 8.66. The standard InChI is InChI=1S/C21H16N4O3/c26-21(16-7-6-10-18(13-16)25(27)28)24(17-8-2-1-3-9-17)15-19-14-22-20-11-4-5-12-23(19)20/h1-14H,15H2. The highest BCUT2D eigenvalue weighted by Gasteiger charge is 2.21. The first-order valence-electron chi connectivity index (χ1n) is 8.66. The number of rotatable bonds is 5. The summed E-state index contributed by atoms with van der Waals surface area (Å²) in [7, 11) is 0. The topological polar surface area (TPSA) is 80.8 Å². The lowest BCUT2D eigenvalue weighted by Gasteiger charge is -2.23. The van der Waals surface area contributed by atoms with Gasteiger partial charge in [-0.1, -0.05) is 30.3 Å². The van der Waals surface area contributed by atoms with Crippen LogP contribution in [0.1, 0.15) is 16.1 Å². The van der Waals surface area contributed by atoms with Gasteiger partial charge in [-0.15, -0.1) is 0 Å². The first-order chi connectivity index (χ1) is 13.6. The van der Waals surface area contributed by atoms with E-state index in [4.69, 9.17) is 0 Å². The van der Waals surface area contributed by atoms with Crippen LogP contribution in [0.4, 0.5) is 11.4 Å². The highest BCUT2D eigenvalue weighted by molar-refractivity contribution is 6.06. The first kappa shape index (κ1) is 17.4. The van der Waals surface area contributed by atoms with Crippen molar-refractivity contribution in [2.75, 3.05) is 4.90 Å². The fraction of sp³-hybridized carbons (Fsp3) is 0.0476. The Kier molecular flexibility index (Phi) is 4.55. The average Bonchev–Trinajstić information content (AvgIpc) is 3.15. The van der Waals surface area contributed by atoms with Crippen molar-refractivity contribution in [3.63, 3.8) is 0 Å². The molecule has 2 aromatic heterocycles. The van der Waals surface area contributed by atoms with Crippen LogP contribution in [0.2, 0.25) is 0 Å². The molecule has 0 aliphatic heterocycles. The molecule has 7 nitrogen and oxygen atoms in total. The Balaban J connectivity index is 1.75. The van der Waals surface area contributed by atoms with Gasteiger partial charge in [-0.3, -0.25) is 14.9 Å². The summed E-state index contributed by atoms with van der Waals surface area (Å²) in [4.78, 5) is 29.8. The molecule has 138 valence electrons. The Hall–Kier alpha value is -4.00. The number of fused-ring (bicyclic) bond motifs is 1. The highest BCUT2D eigenvalue weighted by Crippen LogP contribution is 2.22. The van der Waals surface area contributed by atoms with E-state index in [1.807, 2.05) is 59.1 Å². The second-order valence-electron chi connectivity index (χ2n) is 6.21. The number of nitrogens with zero attached hydrogens (tertiary/aromatic N) is 4. The van der Waals surface area contributed by atoms with Crippen LogP contribution in [0, 0.1) is 10.1 Å². The van der Waals surface area contributed by atoms with Crippen molar-refractivity contribution in [2.24, 2.45) is 0 Å². The van der Waals surface area contributed by atoms with E-state index in [0.717, 1.165) is 11.3 Å². The molecule has 7 heteroatoms. The summed E-state index contributed by atoms with van der Waals surface area (Å²) in [6.45, 7) is 0.275. The van der Waals surface area contributed by atoms with Crippen molar-refractivity contribution >= 4 is 22.9 Å². The van der Waals surface area contributed by atoms with Crippen LogP contribution in [0.3, 0.4) is 0 Å². The number of amides is 1. The van der Waals surface area contributed by atoms with E-state index in [1.54, 1.807) is 17.2 Å². The Bertz CT molecular complexity index is 1150. The zero-order chi connectivity index (χ0) is 19.5. The van der Waals surface area contributed by atoms with E-state index >= 15 is 0 Å². The number of carbonyl (C=O) groups is 1. The number of anilines is 1. The molecule has 0 fully saturated rings. The number of aromatic nitrogens is 2. The van der Waals surface area contributed by atoms with Gasteiger partial charge >= 0.3 is 0 Å². The summed E-state index contributed by atoms with van der Waals surface area (Å²) in [6.07, 6.45) is 3.62. The molecule has 0 bridgehead atoms. The molecule has 0 spiro atoms. The van der Waals surface area contributed by atoms with Crippen LogP contribution < -0.4 is 4.90 Å². The van der Waals surface area contributed by atoms with Gasteiger partial charge in [-0.05, 0) is 30.3 Å². The molecule has 0 unspecified atom stereocenters. The minimum atomic E-state index is -0.506. The van der Waals surface area contributed by atoms with E-state index < -0.39 is 4.92 Å². The molecule has 2 aromatic carbocycles. The third-order valence-corrected chi connectivity index (χ3v) is 4.43. The maximum absolute atomic E-state index is 13.3. The molecule has 28 heavy (non-hydrogen) atoms. The van der Waals surface area contributed by atoms with Gasteiger partial charge in [0.05, 0.1) is 23.4 Å². The number of nitro benzene ring substituents is 1. The normalized spacial score (nSPS) is 10.7. The lowest BCUT2D eigenvalue weighted by atomic mass is 10.1. The SMILES string of the molecule is O=C(c1cccc([N+](=O)[O-])c1)N(Cc1cnc2ccccn12)c1ccccc1. The van der Waals surface area contributed by atoms with Crippen molar-refractivity contribution < 1.29 is 9.72 Å². The molecule has 0 atom stereocenters. The third kappa shape index (κ3) is 3.33. The molecular weight excluding hydrogens is 356 g/mol. The lowest BCUT2D eigenvalue weighted by molar-refractivity contribution is -0.384. The predicted octanol–water partition coefficient (Wildman–Crippen LogP) is 4.09. The van der Waals surface area contributed by atoms with Gasteiger partial charge in [0, 0.05) is 29.6 Å². The van der Waals surface area contributed by atoms with E-state index in [1.165, 1.54) is 18.2 Å². The minimum absolute atomic E-state index is 0.117. The van der Waals surface area contributed by atoms with Gasteiger partial charge < -0.3 is 9.30 Å². The number of non-ortho nitro benzene ring substituents is 1. The Morgan fingerprint density at radius 3 is 2.61 bits per heavy atom. The van der Waals surface area contributed by atoms with Gasteiger partial charge in [0.15, 0.2) is 0 Å². The van der Waals surface area contributed by atoms with Gasteiger partial charge in [-0.25, -0.2) is 4.98 Å². The monoisotopic (exact) mass is 372 g/mol. The van der Waals surface area contributed by atoms with E-state index in [2.05, 4.69) is 4.98 Å². The lowest BCUT2D eigenvalue weighted by Crippen LogP contribution is -2.31. The highest BCUT2D eigenvalue weighted by atomic mass is 16.6. The van der Waals surface area contributed by atoms with Gasteiger partial charge in [0.1, 0.15) is 5.65 Å². The summed E-state index contributed by atoms with van der Waals surface area (Å²) in [5, 5.41) is 11.1. The fourth-order valence-corrected chi connectivity index (χ4v) is 3.06. The van der Waals surface area contributed by atoms with Gasteiger partial charge in [0.25, 0.3) is 11.6 Å². The Morgan fingerprint density at radius 2 is 1.82 bits per heavy atom. The smallest absolute Gasteiger partial charge is 0.270 e. The largest absolute Gasteiger partial charge is 0.302 e. The maximum Gasteiger partial charge on any atom is 0.270 e. The quantitative estimate of drug-likeness (QED) is 0.390.